The maximum absolute atomic E-state index is 4.11. The van der Waals surface area contributed by atoms with Gasteiger partial charge in [0.05, 0.1) is 16.7 Å². The SMILES string of the molecule is C=Cc1c(C)sc2c(-c3ccc(N(c4ccc(-c5ccccc5)cc4)c4ccc(-c5ccc6c(c5)c5ccccc5n6-c5ccccc5)c5ccccc45)cc3)cccc12. The molecule has 0 saturated heterocycles. The van der Waals surface area contributed by atoms with Crippen molar-refractivity contribution in [3.8, 4) is 39.1 Å². The third-order valence-corrected chi connectivity index (χ3v) is 13.1. The number of anilines is 3. The van der Waals surface area contributed by atoms with Crippen LogP contribution >= 0.6 is 11.3 Å². The van der Waals surface area contributed by atoms with Crippen LogP contribution < -0.4 is 4.90 Å². The van der Waals surface area contributed by atoms with Crippen molar-refractivity contribution in [2.24, 2.45) is 0 Å². The van der Waals surface area contributed by atoms with Crippen LogP contribution in [0, 0.1) is 6.92 Å². The zero-order valence-electron chi connectivity index (χ0n) is 33.2. The first kappa shape index (κ1) is 35.7. The van der Waals surface area contributed by atoms with Crippen molar-refractivity contribution in [3.63, 3.8) is 0 Å². The number of hydrogen-bond acceptors (Lipinski definition) is 2. The Kier molecular flexibility index (Phi) is 8.76. The molecule has 0 aliphatic rings. The molecule has 0 saturated carbocycles. The van der Waals surface area contributed by atoms with E-state index in [0.717, 1.165) is 22.7 Å². The van der Waals surface area contributed by atoms with Gasteiger partial charge in [0.1, 0.15) is 0 Å². The Morgan fingerprint density at radius 3 is 1.77 bits per heavy atom. The van der Waals surface area contributed by atoms with E-state index in [0.29, 0.717) is 0 Å². The summed E-state index contributed by atoms with van der Waals surface area (Å²) in [5.41, 5.74) is 15.4. The lowest BCUT2D eigenvalue weighted by molar-refractivity contribution is 1.18. The molecule has 2 heterocycles. The number of para-hydroxylation sites is 2. The fourth-order valence-corrected chi connectivity index (χ4v) is 10.3. The minimum Gasteiger partial charge on any atom is -0.310 e. The van der Waals surface area contributed by atoms with Gasteiger partial charge in [-0.3, -0.25) is 0 Å². The first-order valence-corrected chi connectivity index (χ1v) is 21.3. The molecule has 11 rings (SSSR count). The minimum atomic E-state index is 1.10. The van der Waals surface area contributed by atoms with E-state index in [9.17, 15) is 0 Å². The van der Waals surface area contributed by atoms with Crippen LogP contribution in [-0.4, -0.2) is 4.57 Å². The number of benzene rings is 9. The molecular weight excluding hydrogens is 745 g/mol. The molecule has 0 fully saturated rings. The Labute approximate surface area is 354 Å². The van der Waals surface area contributed by atoms with Crippen LogP contribution in [0.1, 0.15) is 10.4 Å². The third kappa shape index (κ3) is 5.94. The van der Waals surface area contributed by atoms with Crippen LogP contribution in [0.15, 0.2) is 213 Å². The number of thiophene rings is 1. The number of aryl methyl sites for hydroxylation is 1. The molecule has 0 unspecified atom stereocenters. The van der Waals surface area contributed by atoms with Gasteiger partial charge >= 0.3 is 0 Å². The lowest BCUT2D eigenvalue weighted by Gasteiger charge is -2.28. The molecule has 0 atom stereocenters. The zero-order valence-corrected chi connectivity index (χ0v) is 34.0. The topological polar surface area (TPSA) is 8.17 Å². The Hall–Kier alpha value is -7.46. The number of nitrogens with zero attached hydrogens (tertiary/aromatic N) is 2. The highest BCUT2D eigenvalue weighted by Gasteiger charge is 2.20. The average molecular weight is 785 g/mol. The van der Waals surface area contributed by atoms with E-state index in [-0.39, 0.29) is 0 Å². The summed E-state index contributed by atoms with van der Waals surface area (Å²) >= 11 is 1.85. The molecule has 0 radical (unpaired) electrons. The largest absolute Gasteiger partial charge is 0.310 e. The van der Waals surface area contributed by atoms with E-state index >= 15 is 0 Å². The molecule has 0 aliphatic carbocycles. The summed E-state index contributed by atoms with van der Waals surface area (Å²) in [7, 11) is 0. The van der Waals surface area contributed by atoms with Crippen LogP contribution in [-0.2, 0) is 0 Å². The molecule has 0 aliphatic heterocycles. The predicted molar refractivity (Wildman–Crippen MR) is 259 cm³/mol. The van der Waals surface area contributed by atoms with Gasteiger partial charge in [0.25, 0.3) is 0 Å². The second-order valence-corrected chi connectivity index (χ2v) is 16.6. The van der Waals surface area contributed by atoms with E-state index in [2.05, 4.69) is 229 Å². The van der Waals surface area contributed by atoms with Gasteiger partial charge in [0.15, 0.2) is 0 Å². The molecule has 60 heavy (non-hydrogen) atoms. The Morgan fingerprint density at radius 1 is 0.450 bits per heavy atom. The molecule has 3 heteroatoms. The van der Waals surface area contributed by atoms with Gasteiger partial charge in [-0.1, -0.05) is 158 Å². The molecule has 11 aromatic rings. The van der Waals surface area contributed by atoms with Crippen LogP contribution in [0.25, 0.3) is 87.8 Å². The van der Waals surface area contributed by atoms with Gasteiger partial charge in [-0.2, -0.15) is 0 Å². The molecule has 0 N–H and O–H groups in total. The van der Waals surface area contributed by atoms with Crippen LogP contribution in [0.2, 0.25) is 0 Å². The highest BCUT2D eigenvalue weighted by molar-refractivity contribution is 7.20. The first-order chi connectivity index (χ1) is 29.6. The van der Waals surface area contributed by atoms with Gasteiger partial charge in [0, 0.05) is 48.2 Å². The Morgan fingerprint density at radius 2 is 1.03 bits per heavy atom. The van der Waals surface area contributed by atoms with Crippen molar-refractivity contribution >= 4 is 77.1 Å². The molecule has 9 aromatic carbocycles. The van der Waals surface area contributed by atoms with Gasteiger partial charge < -0.3 is 9.47 Å². The lowest BCUT2D eigenvalue weighted by Crippen LogP contribution is -2.10. The van der Waals surface area contributed by atoms with Crippen molar-refractivity contribution in [2.45, 2.75) is 6.92 Å². The summed E-state index contributed by atoms with van der Waals surface area (Å²) in [5.74, 6) is 0. The Bertz CT molecular complexity index is 3370. The van der Waals surface area contributed by atoms with E-state index in [1.54, 1.807) is 0 Å². The van der Waals surface area contributed by atoms with E-state index in [4.69, 9.17) is 0 Å². The summed E-state index contributed by atoms with van der Waals surface area (Å²) in [6, 6.07) is 75.1. The summed E-state index contributed by atoms with van der Waals surface area (Å²) < 4.78 is 3.68. The molecule has 0 bridgehead atoms. The standard InChI is InChI=1S/C57H40N2S/c1-3-46-38(2)60-57-48(22-14-23-52(46)57)41-27-32-45(33-28-41)58(44-30-25-40(26-31-44)39-15-6-4-7-16-39)55-36-34-47(49-19-10-11-20-50(49)55)42-29-35-56-53(37-42)51-21-12-13-24-54(51)59(56)43-17-8-5-9-18-43/h3-37H,1H2,2H3. The van der Waals surface area contributed by atoms with E-state index in [1.165, 1.54) is 86.5 Å². The summed E-state index contributed by atoms with van der Waals surface area (Å²) in [6.07, 6.45) is 1.99. The summed E-state index contributed by atoms with van der Waals surface area (Å²) in [4.78, 5) is 3.70. The fourth-order valence-electron chi connectivity index (χ4n) is 9.11. The van der Waals surface area contributed by atoms with Crippen LogP contribution in [0.5, 0.6) is 0 Å². The molecule has 0 spiro atoms. The number of rotatable bonds is 8. The van der Waals surface area contributed by atoms with E-state index < -0.39 is 0 Å². The average Bonchev–Trinajstić information content (AvgIpc) is 3.83. The van der Waals surface area contributed by atoms with Gasteiger partial charge in [0.2, 0.25) is 0 Å². The fraction of sp³-hybridized carbons (Fsp3) is 0.0175. The molecular formula is C57H40N2S. The predicted octanol–water partition coefficient (Wildman–Crippen LogP) is 16.6. The number of fused-ring (bicyclic) bond motifs is 5. The molecule has 2 nitrogen and oxygen atoms in total. The van der Waals surface area contributed by atoms with Gasteiger partial charge in [-0.15, -0.1) is 11.3 Å². The lowest BCUT2D eigenvalue weighted by atomic mass is 9.95. The quantitative estimate of drug-likeness (QED) is 0.149. The van der Waals surface area contributed by atoms with E-state index in [1.807, 2.05) is 17.4 Å². The number of aromatic nitrogens is 1. The molecule has 0 amide bonds. The van der Waals surface area contributed by atoms with Gasteiger partial charge in [-0.25, -0.2) is 0 Å². The monoisotopic (exact) mass is 784 g/mol. The summed E-state index contributed by atoms with van der Waals surface area (Å²) in [6.45, 7) is 6.29. The van der Waals surface area contributed by atoms with Crippen molar-refractivity contribution in [1.82, 2.24) is 4.57 Å². The zero-order chi connectivity index (χ0) is 40.2. The second-order valence-electron chi connectivity index (χ2n) is 15.4. The minimum absolute atomic E-state index is 1.10. The van der Waals surface area contributed by atoms with Crippen LogP contribution in [0.4, 0.5) is 17.1 Å². The highest BCUT2D eigenvalue weighted by atomic mass is 32.1. The second kappa shape index (κ2) is 14.7. The molecule has 2 aromatic heterocycles. The van der Waals surface area contributed by atoms with Gasteiger partial charge in [-0.05, 0) is 112 Å². The normalized spacial score (nSPS) is 11.5. The summed E-state index contributed by atoms with van der Waals surface area (Å²) in [5, 5.41) is 6.16. The van der Waals surface area contributed by atoms with Crippen molar-refractivity contribution < 1.29 is 0 Å². The molecule has 284 valence electrons. The first-order valence-electron chi connectivity index (χ1n) is 20.5. The van der Waals surface area contributed by atoms with Crippen LogP contribution in [0.3, 0.4) is 0 Å². The highest BCUT2D eigenvalue weighted by Crippen LogP contribution is 2.45. The maximum atomic E-state index is 4.11. The van der Waals surface area contributed by atoms with Crippen molar-refractivity contribution in [2.75, 3.05) is 4.90 Å². The maximum Gasteiger partial charge on any atom is 0.0541 e. The van der Waals surface area contributed by atoms with Crippen molar-refractivity contribution in [1.29, 1.82) is 0 Å². The van der Waals surface area contributed by atoms with Crippen molar-refractivity contribution in [3.05, 3.63) is 223 Å². The smallest absolute Gasteiger partial charge is 0.0541 e. The third-order valence-electron chi connectivity index (χ3n) is 12.0. The Balaban J connectivity index is 1.06. The number of hydrogen-bond donors (Lipinski definition) is 0.